The summed E-state index contributed by atoms with van der Waals surface area (Å²) in [6.07, 6.45) is 0. The number of non-ortho nitro benzene ring substituents is 1. The van der Waals surface area contributed by atoms with E-state index in [1.807, 2.05) is 48.5 Å². The molecule has 31 heavy (non-hydrogen) atoms. The Morgan fingerprint density at radius 1 is 0.935 bits per heavy atom. The Morgan fingerprint density at radius 3 is 2.29 bits per heavy atom. The van der Waals surface area contributed by atoms with Crippen molar-refractivity contribution in [1.82, 2.24) is 4.98 Å². The van der Waals surface area contributed by atoms with Crippen LogP contribution in [0.1, 0.15) is 15.9 Å². The van der Waals surface area contributed by atoms with Crippen LogP contribution < -0.4 is 10.3 Å². The third kappa shape index (κ3) is 5.77. The van der Waals surface area contributed by atoms with Gasteiger partial charge in [0.2, 0.25) is 5.56 Å². The number of pyridine rings is 1. The van der Waals surface area contributed by atoms with Gasteiger partial charge in [0.1, 0.15) is 12.4 Å². The molecule has 3 aromatic carbocycles. The number of hydrogen-bond donors (Lipinski definition) is 2. The van der Waals surface area contributed by atoms with Crippen LogP contribution in [0.2, 0.25) is 0 Å². The van der Waals surface area contributed by atoms with Crippen LogP contribution in [0, 0.1) is 10.1 Å². The highest BCUT2D eigenvalue weighted by Crippen LogP contribution is 2.23. The number of aromatic nitrogens is 1. The largest absolute Gasteiger partial charge is 0.487 e. The number of carboxylic acids is 1. The van der Waals surface area contributed by atoms with Crippen molar-refractivity contribution in [1.29, 1.82) is 0 Å². The Kier molecular flexibility index (Phi) is 6.74. The van der Waals surface area contributed by atoms with Gasteiger partial charge in [0, 0.05) is 23.6 Å². The third-order valence-corrected chi connectivity index (χ3v) is 4.28. The van der Waals surface area contributed by atoms with Crippen LogP contribution in [-0.2, 0) is 6.61 Å². The first kappa shape index (κ1) is 21.3. The molecular formula is C23H18N2O6. The summed E-state index contributed by atoms with van der Waals surface area (Å²) >= 11 is 0. The summed E-state index contributed by atoms with van der Waals surface area (Å²) in [7, 11) is 0. The molecular weight excluding hydrogens is 400 g/mol. The fraction of sp³-hybridized carbons (Fsp3) is 0.0435. The standard InChI is InChI=1S/C16H13NO2.C7H5NO4/c18-15-10-9-13-7-4-8-14(16(13)17-15)19-11-12-5-2-1-3-6-12;9-7(10)5-1-3-6(4-2-5)8(11)12/h1-10H,11H2,(H,17,18);1-4H,(H,9,10). The van der Waals surface area contributed by atoms with E-state index in [1.54, 1.807) is 6.07 Å². The van der Waals surface area contributed by atoms with Gasteiger partial charge in [-0.3, -0.25) is 14.9 Å². The Labute approximate surface area is 176 Å². The van der Waals surface area contributed by atoms with Gasteiger partial charge in [0.25, 0.3) is 5.69 Å². The van der Waals surface area contributed by atoms with Gasteiger partial charge in [-0.05, 0) is 29.8 Å². The molecule has 0 unspecified atom stereocenters. The molecule has 8 nitrogen and oxygen atoms in total. The second-order valence-electron chi connectivity index (χ2n) is 6.43. The van der Waals surface area contributed by atoms with Crippen molar-refractivity contribution in [3.63, 3.8) is 0 Å². The van der Waals surface area contributed by atoms with Gasteiger partial charge < -0.3 is 14.8 Å². The zero-order valence-corrected chi connectivity index (χ0v) is 16.2. The van der Waals surface area contributed by atoms with E-state index in [9.17, 15) is 19.7 Å². The maximum Gasteiger partial charge on any atom is 0.335 e. The van der Waals surface area contributed by atoms with Gasteiger partial charge >= 0.3 is 5.97 Å². The van der Waals surface area contributed by atoms with E-state index in [0.29, 0.717) is 12.4 Å². The van der Waals surface area contributed by atoms with Gasteiger partial charge in [-0.2, -0.15) is 0 Å². The van der Waals surface area contributed by atoms with Gasteiger partial charge in [-0.1, -0.05) is 42.5 Å². The SMILES string of the molecule is O=C(O)c1ccc([N+](=O)[O-])cc1.O=c1ccc2cccc(OCc3ccccc3)c2[nH]1. The van der Waals surface area contributed by atoms with E-state index in [-0.39, 0.29) is 16.8 Å². The number of benzene rings is 3. The number of rotatable bonds is 5. The lowest BCUT2D eigenvalue weighted by molar-refractivity contribution is -0.384. The highest BCUT2D eigenvalue weighted by atomic mass is 16.6. The molecule has 0 saturated carbocycles. The average molecular weight is 418 g/mol. The molecule has 0 saturated heterocycles. The number of H-pyrrole nitrogens is 1. The molecule has 156 valence electrons. The molecule has 4 rings (SSSR count). The van der Waals surface area contributed by atoms with Gasteiger partial charge in [-0.15, -0.1) is 0 Å². The molecule has 0 fully saturated rings. The van der Waals surface area contributed by atoms with Crippen molar-refractivity contribution in [2.45, 2.75) is 6.61 Å². The Balaban J connectivity index is 0.000000196. The van der Waals surface area contributed by atoms with Crippen molar-refractivity contribution in [3.8, 4) is 5.75 Å². The Hall–Kier alpha value is -4.46. The molecule has 0 bridgehead atoms. The zero-order chi connectivity index (χ0) is 22.2. The molecule has 0 aliphatic heterocycles. The first-order valence-electron chi connectivity index (χ1n) is 9.20. The van der Waals surface area contributed by atoms with Crippen LogP contribution >= 0.6 is 0 Å². The molecule has 2 N–H and O–H groups in total. The molecule has 0 spiro atoms. The lowest BCUT2D eigenvalue weighted by Crippen LogP contribution is -2.04. The lowest BCUT2D eigenvalue weighted by Gasteiger charge is -2.08. The van der Waals surface area contributed by atoms with Crippen LogP contribution in [0.5, 0.6) is 5.75 Å². The second kappa shape index (κ2) is 9.84. The molecule has 0 aliphatic carbocycles. The smallest absolute Gasteiger partial charge is 0.335 e. The fourth-order valence-corrected chi connectivity index (χ4v) is 2.73. The quantitative estimate of drug-likeness (QED) is 0.366. The summed E-state index contributed by atoms with van der Waals surface area (Å²) in [5.74, 6) is -0.399. The maximum absolute atomic E-state index is 11.4. The van der Waals surface area contributed by atoms with Crippen LogP contribution in [0.4, 0.5) is 5.69 Å². The number of nitrogens with one attached hydrogen (secondary N) is 1. The summed E-state index contributed by atoms with van der Waals surface area (Å²) in [6, 6.07) is 23.7. The van der Waals surface area contributed by atoms with E-state index in [1.165, 1.54) is 18.2 Å². The van der Waals surface area contributed by atoms with Gasteiger partial charge in [0.05, 0.1) is 16.0 Å². The van der Waals surface area contributed by atoms with E-state index in [0.717, 1.165) is 28.6 Å². The van der Waals surface area contributed by atoms with Gasteiger partial charge in [-0.25, -0.2) is 4.79 Å². The minimum Gasteiger partial charge on any atom is -0.487 e. The first-order valence-corrected chi connectivity index (χ1v) is 9.20. The predicted molar refractivity (Wildman–Crippen MR) is 115 cm³/mol. The highest BCUT2D eigenvalue weighted by Gasteiger charge is 2.07. The molecule has 1 heterocycles. The number of carbonyl (C=O) groups is 1. The molecule has 0 atom stereocenters. The number of nitro benzene ring substituents is 1. The Morgan fingerprint density at radius 2 is 1.65 bits per heavy atom. The number of carboxylic acid groups (broad SMARTS) is 1. The van der Waals surface area contributed by atoms with Crippen molar-refractivity contribution in [2.24, 2.45) is 0 Å². The normalized spacial score (nSPS) is 10.1. The van der Waals surface area contributed by atoms with Crippen LogP contribution in [-0.4, -0.2) is 21.0 Å². The summed E-state index contributed by atoms with van der Waals surface area (Å²) in [6.45, 7) is 0.483. The Bertz CT molecular complexity index is 1220. The molecule has 0 aliphatic rings. The average Bonchev–Trinajstić information content (AvgIpc) is 2.79. The fourth-order valence-electron chi connectivity index (χ4n) is 2.73. The second-order valence-corrected chi connectivity index (χ2v) is 6.43. The van der Waals surface area contributed by atoms with Crippen molar-refractivity contribution in [3.05, 3.63) is 117 Å². The number of nitrogens with zero attached hydrogens (tertiary/aromatic N) is 1. The molecule has 1 aromatic heterocycles. The van der Waals surface area contributed by atoms with Crippen LogP contribution in [0.15, 0.2) is 89.7 Å². The van der Waals surface area contributed by atoms with Gasteiger partial charge in [0.15, 0.2) is 0 Å². The summed E-state index contributed by atoms with van der Waals surface area (Å²) in [5, 5.41) is 19.5. The summed E-state index contributed by atoms with van der Waals surface area (Å²) in [4.78, 5) is 34.1. The van der Waals surface area contributed by atoms with Crippen LogP contribution in [0.3, 0.4) is 0 Å². The minimum absolute atomic E-state index is 0.0422. The molecule has 0 radical (unpaired) electrons. The zero-order valence-electron chi connectivity index (χ0n) is 16.2. The van der Waals surface area contributed by atoms with E-state index < -0.39 is 10.9 Å². The topological polar surface area (TPSA) is 123 Å². The number of ether oxygens (including phenoxy) is 1. The predicted octanol–water partition coefficient (Wildman–Crippen LogP) is 4.40. The van der Waals surface area contributed by atoms with Crippen molar-refractivity contribution < 1.29 is 19.6 Å². The number of aromatic carboxylic acids is 1. The monoisotopic (exact) mass is 418 g/mol. The van der Waals surface area contributed by atoms with Crippen molar-refractivity contribution in [2.75, 3.05) is 0 Å². The van der Waals surface area contributed by atoms with Crippen LogP contribution in [0.25, 0.3) is 10.9 Å². The number of para-hydroxylation sites is 1. The third-order valence-electron chi connectivity index (χ3n) is 4.28. The van der Waals surface area contributed by atoms with E-state index in [4.69, 9.17) is 9.84 Å². The maximum atomic E-state index is 11.4. The number of hydrogen-bond acceptors (Lipinski definition) is 5. The number of fused-ring (bicyclic) bond motifs is 1. The summed E-state index contributed by atoms with van der Waals surface area (Å²) in [5.41, 5.74) is 1.65. The van der Waals surface area contributed by atoms with E-state index >= 15 is 0 Å². The minimum atomic E-state index is -1.09. The molecule has 0 amide bonds. The molecule has 4 aromatic rings. The number of nitro groups is 1. The number of aromatic amines is 1. The summed E-state index contributed by atoms with van der Waals surface area (Å²) < 4.78 is 5.79. The first-order chi connectivity index (χ1) is 14.9. The highest BCUT2D eigenvalue weighted by molar-refractivity contribution is 5.87. The molecule has 8 heteroatoms. The van der Waals surface area contributed by atoms with Crippen molar-refractivity contribution >= 4 is 22.6 Å². The van der Waals surface area contributed by atoms with E-state index in [2.05, 4.69) is 4.98 Å². The lowest BCUT2D eigenvalue weighted by atomic mass is 10.2.